The van der Waals surface area contributed by atoms with Crippen molar-refractivity contribution in [3.63, 3.8) is 0 Å². The van der Waals surface area contributed by atoms with Crippen molar-refractivity contribution >= 4 is 5.91 Å². The smallest absolute Gasteiger partial charge is 0.220 e. The summed E-state index contributed by atoms with van der Waals surface area (Å²) in [5.74, 6) is -0.180. The number of ether oxygens (including phenoxy) is 2. The van der Waals surface area contributed by atoms with Crippen molar-refractivity contribution in [1.29, 1.82) is 0 Å². The predicted octanol–water partition coefficient (Wildman–Crippen LogP) is 5.27. The van der Waals surface area contributed by atoms with Gasteiger partial charge in [-0.25, -0.2) is 0 Å². The van der Waals surface area contributed by atoms with Crippen molar-refractivity contribution in [1.82, 2.24) is 5.32 Å². The molecule has 0 radical (unpaired) electrons. The van der Waals surface area contributed by atoms with Crippen LogP contribution in [0.2, 0.25) is 0 Å². The Morgan fingerprint density at radius 3 is 1.63 bits per heavy atom. The first-order valence-electron chi connectivity index (χ1n) is 17.7. The summed E-state index contributed by atoms with van der Waals surface area (Å²) in [7, 11) is 0. The van der Waals surface area contributed by atoms with Crippen molar-refractivity contribution in [3.05, 3.63) is 0 Å². The molecule has 1 amide bonds. The number of hydrogen-bond donors (Lipinski definition) is 6. The molecule has 7 unspecified atom stereocenters. The molecular formula is C34H67NO8. The van der Waals surface area contributed by atoms with E-state index >= 15 is 0 Å². The lowest BCUT2D eigenvalue weighted by molar-refractivity contribution is -0.302. The maximum atomic E-state index is 12.4. The van der Waals surface area contributed by atoms with E-state index in [1.54, 1.807) is 0 Å². The number of aliphatic hydroxyl groups is 5. The average Bonchev–Trinajstić information content (AvgIpc) is 3.00. The summed E-state index contributed by atoms with van der Waals surface area (Å²) in [6.45, 7) is 3.58. The molecule has 0 aliphatic carbocycles. The van der Waals surface area contributed by atoms with E-state index in [1.807, 2.05) is 6.92 Å². The second kappa shape index (κ2) is 26.4. The van der Waals surface area contributed by atoms with Gasteiger partial charge in [0.25, 0.3) is 0 Å². The van der Waals surface area contributed by atoms with Crippen LogP contribution in [0.1, 0.15) is 155 Å². The van der Waals surface area contributed by atoms with Gasteiger partial charge in [0.2, 0.25) is 5.91 Å². The van der Waals surface area contributed by atoms with E-state index in [0.717, 1.165) is 32.1 Å². The highest BCUT2D eigenvalue weighted by molar-refractivity contribution is 5.76. The van der Waals surface area contributed by atoms with Gasteiger partial charge < -0.3 is 40.3 Å². The summed E-state index contributed by atoms with van der Waals surface area (Å²) in [6, 6.07) is -0.706. The molecule has 1 saturated heterocycles. The predicted molar refractivity (Wildman–Crippen MR) is 171 cm³/mol. The lowest BCUT2D eigenvalue weighted by Crippen LogP contribution is -2.60. The van der Waals surface area contributed by atoms with Gasteiger partial charge in [0.15, 0.2) is 6.29 Å². The molecule has 6 N–H and O–H groups in total. The molecule has 0 saturated carbocycles. The van der Waals surface area contributed by atoms with Crippen LogP contribution in [0, 0.1) is 0 Å². The van der Waals surface area contributed by atoms with Crippen molar-refractivity contribution in [2.75, 3.05) is 13.2 Å². The number of nitrogens with one attached hydrogen (secondary N) is 1. The minimum absolute atomic E-state index is 0.138. The van der Waals surface area contributed by atoms with Crippen LogP contribution in [0.5, 0.6) is 0 Å². The zero-order valence-corrected chi connectivity index (χ0v) is 27.5. The van der Waals surface area contributed by atoms with Gasteiger partial charge in [-0.3, -0.25) is 4.79 Å². The summed E-state index contributed by atoms with van der Waals surface area (Å²) >= 11 is 0. The van der Waals surface area contributed by atoms with Crippen molar-refractivity contribution in [3.8, 4) is 0 Å². The van der Waals surface area contributed by atoms with Gasteiger partial charge in [0, 0.05) is 6.42 Å². The fourth-order valence-corrected chi connectivity index (χ4v) is 5.73. The number of unbranched alkanes of at least 4 members (excludes halogenated alkanes) is 18. The van der Waals surface area contributed by atoms with E-state index in [2.05, 4.69) is 12.2 Å². The molecule has 0 bridgehead atoms. The Bertz CT molecular complexity index is 652. The summed E-state index contributed by atoms with van der Waals surface area (Å²) in [6.07, 6.45) is 18.0. The van der Waals surface area contributed by atoms with Gasteiger partial charge in [-0.15, -0.1) is 0 Å². The first kappa shape index (κ1) is 40.2. The van der Waals surface area contributed by atoms with Gasteiger partial charge in [0.05, 0.1) is 25.4 Å². The van der Waals surface area contributed by atoms with E-state index in [1.165, 1.54) is 96.3 Å². The Hall–Kier alpha value is -0.810. The third kappa shape index (κ3) is 18.7. The maximum Gasteiger partial charge on any atom is 0.220 e. The Kier molecular flexibility index (Phi) is 24.7. The number of carbonyl (C=O) groups excluding carboxylic acids is 1. The van der Waals surface area contributed by atoms with Gasteiger partial charge in [-0.2, -0.15) is 0 Å². The Labute approximate surface area is 262 Å². The van der Waals surface area contributed by atoms with Crippen LogP contribution in [0.15, 0.2) is 0 Å². The van der Waals surface area contributed by atoms with Gasteiger partial charge in [0.1, 0.15) is 24.4 Å². The standard InChI is InChI=1S/C34H67NO8/c1-3-5-7-8-9-10-11-12-13-14-15-16-17-18-19-20-21-22-23-28(37)27(35-30(38)24-6-4-2)26-42-34-33(41)32(40)31(39)29(25-36)43-34/h27-29,31-34,36-37,39-41H,3-26H2,1-2H3,(H,35,38). The average molecular weight is 618 g/mol. The Morgan fingerprint density at radius 2 is 1.16 bits per heavy atom. The number of aliphatic hydroxyl groups excluding tert-OH is 5. The molecule has 9 heteroatoms. The number of rotatable bonds is 28. The zero-order chi connectivity index (χ0) is 31.7. The third-order valence-electron chi connectivity index (χ3n) is 8.71. The second-order valence-corrected chi connectivity index (χ2v) is 12.7. The molecule has 1 aliphatic heterocycles. The molecule has 0 aromatic rings. The van der Waals surface area contributed by atoms with E-state index in [-0.39, 0.29) is 12.5 Å². The molecule has 1 fully saturated rings. The molecule has 1 rings (SSSR count). The third-order valence-corrected chi connectivity index (χ3v) is 8.71. The minimum Gasteiger partial charge on any atom is -0.394 e. The first-order chi connectivity index (χ1) is 20.8. The minimum atomic E-state index is -1.54. The molecule has 0 spiro atoms. The molecule has 9 nitrogen and oxygen atoms in total. The van der Waals surface area contributed by atoms with Gasteiger partial charge in [-0.05, 0) is 12.8 Å². The molecule has 0 aromatic carbocycles. The normalized spacial score (nSPS) is 23.7. The van der Waals surface area contributed by atoms with Crippen LogP contribution < -0.4 is 5.32 Å². The highest BCUT2D eigenvalue weighted by atomic mass is 16.7. The summed E-state index contributed by atoms with van der Waals surface area (Å²) < 4.78 is 11.1. The SMILES string of the molecule is CCCCCCCCCCCCCCCCCCCCC(O)C(COC1OC(CO)C(O)C(O)C1O)NC(=O)CCCC. The van der Waals surface area contributed by atoms with Crippen LogP contribution in [0.25, 0.3) is 0 Å². The highest BCUT2D eigenvalue weighted by Gasteiger charge is 2.44. The monoisotopic (exact) mass is 617 g/mol. The quantitative estimate of drug-likeness (QED) is 0.0651. The fraction of sp³-hybridized carbons (Fsp3) is 0.971. The fourth-order valence-electron chi connectivity index (χ4n) is 5.73. The van der Waals surface area contributed by atoms with Crippen LogP contribution >= 0.6 is 0 Å². The summed E-state index contributed by atoms with van der Waals surface area (Å²) in [5.41, 5.74) is 0. The van der Waals surface area contributed by atoms with Crippen molar-refractivity contribution in [2.45, 2.75) is 198 Å². The van der Waals surface area contributed by atoms with Crippen LogP contribution in [0.3, 0.4) is 0 Å². The molecule has 43 heavy (non-hydrogen) atoms. The van der Waals surface area contributed by atoms with E-state index in [4.69, 9.17) is 9.47 Å². The molecule has 1 aliphatic rings. The van der Waals surface area contributed by atoms with Crippen LogP contribution in [0.4, 0.5) is 0 Å². The van der Waals surface area contributed by atoms with Crippen molar-refractivity contribution < 1.29 is 39.8 Å². The van der Waals surface area contributed by atoms with E-state index in [9.17, 15) is 30.3 Å². The Balaban J connectivity index is 2.22. The number of carbonyl (C=O) groups is 1. The molecule has 7 atom stereocenters. The van der Waals surface area contributed by atoms with Gasteiger partial charge >= 0.3 is 0 Å². The number of hydrogen-bond acceptors (Lipinski definition) is 8. The molecule has 256 valence electrons. The molecule has 0 aromatic heterocycles. The lowest BCUT2D eigenvalue weighted by atomic mass is 9.99. The van der Waals surface area contributed by atoms with E-state index < -0.39 is 49.5 Å². The zero-order valence-electron chi connectivity index (χ0n) is 27.5. The summed E-state index contributed by atoms with van der Waals surface area (Å²) in [5, 5.41) is 53.4. The van der Waals surface area contributed by atoms with Crippen LogP contribution in [-0.4, -0.2) is 87.5 Å². The Morgan fingerprint density at radius 1 is 0.698 bits per heavy atom. The van der Waals surface area contributed by atoms with Crippen LogP contribution in [-0.2, 0) is 14.3 Å². The second-order valence-electron chi connectivity index (χ2n) is 12.7. The topological polar surface area (TPSA) is 149 Å². The largest absolute Gasteiger partial charge is 0.394 e. The lowest BCUT2D eigenvalue weighted by Gasteiger charge is -2.40. The number of amides is 1. The first-order valence-corrected chi connectivity index (χ1v) is 17.7. The molecule has 1 heterocycles. The highest BCUT2D eigenvalue weighted by Crippen LogP contribution is 2.23. The summed E-state index contributed by atoms with van der Waals surface area (Å²) in [4.78, 5) is 12.4. The van der Waals surface area contributed by atoms with E-state index in [0.29, 0.717) is 12.8 Å². The van der Waals surface area contributed by atoms with Gasteiger partial charge in [-0.1, -0.05) is 136 Å². The molecular weight excluding hydrogens is 550 g/mol. The van der Waals surface area contributed by atoms with Crippen molar-refractivity contribution in [2.24, 2.45) is 0 Å². The maximum absolute atomic E-state index is 12.4.